The first-order valence-electron chi connectivity index (χ1n) is 6.04. The quantitative estimate of drug-likeness (QED) is 0.838. The Morgan fingerprint density at radius 2 is 2.06 bits per heavy atom. The minimum absolute atomic E-state index is 0.700. The van der Waals surface area contributed by atoms with Gasteiger partial charge in [-0.25, -0.2) is 9.97 Å². The lowest BCUT2D eigenvalue weighted by atomic mass is 9.98. The van der Waals surface area contributed by atoms with Gasteiger partial charge in [-0.05, 0) is 31.7 Å². The van der Waals surface area contributed by atoms with Crippen molar-refractivity contribution < 1.29 is 0 Å². The molecule has 0 saturated heterocycles. The van der Waals surface area contributed by atoms with Crippen molar-refractivity contribution in [3.63, 3.8) is 0 Å². The lowest BCUT2D eigenvalue weighted by molar-refractivity contribution is 0.645. The van der Waals surface area contributed by atoms with Crippen LogP contribution >= 0.6 is 11.8 Å². The zero-order valence-corrected chi connectivity index (χ0v) is 10.8. The van der Waals surface area contributed by atoms with E-state index in [0.717, 1.165) is 22.8 Å². The molecule has 0 amide bonds. The average molecular weight is 258 g/mol. The molecule has 0 bridgehead atoms. The summed E-state index contributed by atoms with van der Waals surface area (Å²) in [5.41, 5.74) is 9.11. The van der Waals surface area contributed by atoms with Crippen molar-refractivity contribution in [1.82, 2.24) is 15.0 Å². The molecule has 3 rings (SSSR count). The fourth-order valence-corrected chi connectivity index (χ4v) is 3.12. The lowest BCUT2D eigenvalue weighted by Crippen LogP contribution is -2.08. The number of anilines is 1. The summed E-state index contributed by atoms with van der Waals surface area (Å²) in [6.07, 6.45) is 9.68. The Balaban J connectivity index is 1.96. The highest BCUT2D eigenvalue weighted by Crippen LogP contribution is 2.34. The molecule has 0 aromatic carbocycles. The molecular weight excluding hydrogens is 244 g/mol. The Bertz CT molecular complexity index is 571. The molecular formula is C13H14N4S. The van der Waals surface area contributed by atoms with E-state index >= 15 is 0 Å². The molecule has 4 nitrogen and oxygen atoms in total. The molecule has 2 N–H and O–H groups in total. The standard InChI is InChI=1S/C13H14N4S/c14-10-7-15-6-5-12(10)18-13-9-3-1-2-4-11(9)16-8-17-13/h5-8H,1-4,14H2. The maximum atomic E-state index is 5.92. The fourth-order valence-electron chi connectivity index (χ4n) is 2.17. The topological polar surface area (TPSA) is 64.7 Å². The zero-order valence-electron chi connectivity index (χ0n) is 9.97. The molecule has 2 heterocycles. The normalized spacial score (nSPS) is 14.2. The molecule has 1 aliphatic rings. The third kappa shape index (κ3) is 2.18. The molecule has 0 saturated carbocycles. The van der Waals surface area contributed by atoms with Crippen LogP contribution in [0.5, 0.6) is 0 Å². The van der Waals surface area contributed by atoms with E-state index in [4.69, 9.17) is 5.73 Å². The van der Waals surface area contributed by atoms with Crippen LogP contribution in [0.2, 0.25) is 0 Å². The number of fused-ring (bicyclic) bond motifs is 1. The van der Waals surface area contributed by atoms with E-state index in [2.05, 4.69) is 15.0 Å². The second kappa shape index (κ2) is 4.94. The number of rotatable bonds is 2. The summed E-state index contributed by atoms with van der Waals surface area (Å²) in [4.78, 5) is 13.8. The molecule has 0 aliphatic heterocycles. The number of nitrogen functional groups attached to an aromatic ring is 1. The SMILES string of the molecule is Nc1cnccc1Sc1ncnc2c1CCCC2. The van der Waals surface area contributed by atoms with Gasteiger partial charge in [0.2, 0.25) is 0 Å². The molecule has 0 spiro atoms. The second-order valence-electron chi connectivity index (χ2n) is 4.33. The molecule has 1 aliphatic carbocycles. The van der Waals surface area contributed by atoms with Gasteiger partial charge in [0.15, 0.2) is 0 Å². The molecule has 92 valence electrons. The summed E-state index contributed by atoms with van der Waals surface area (Å²) in [6, 6.07) is 1.93. The van der Waals surface area contributed by atoms with E-state index in [-0.39, 0.29) is 0 Å². The van der Waals surface area contributed by atoms with Gasteiger partial charge in [0.05, 0.1) is 11.9 Å². The third-order valence-corrected chi connectivity index (χ3v) is 4.24. The van der Waals surface area contributed by atoms with E-state index in [1.54, 1.807) is 30.5 Å². The minimum Gasteiger partial charge on any atom is -0.397 e. The predicted octanol–water partition coefficient (Wildman–Crippen LogP) is 2.48. The number of hydrogen-bond donors (Lipinski definition) is 1. The number of pyridine rings is 1. The summed E-state index contributed by atoms with van der Waals surface area (Å²) >= 11 is 1.61. The molecule has 18 heavy (non-hydrogen) atoms. The van der Waals surface area contributed by atoms with Gasteiger partial charge in [0.25, 0.3) is 0 Å². The summed E-state index contributed by atoms with van der Waals surface area (Å²) < 4.78 is 0. The van der Waals surface area contributed by atoms with Gasteiger partial charge in [-0.3, -0.25) is 4.98 Å². The molecule has 0 atom stereocenters. The molecule has 2 aromatic heterocycles. The van der Waals surface area contributed by atoms with Crippen LogP contribution in [0.3, 0.4) is 0 Å². The van der Waals surface area contributed by atoms with E-state index in [1.165, 1.54) is 24.1 Å². The maximum Gasteiger partial charge on any atom is 0.117 e. The fraction of sp³-hybridized carbons (Fsp3) is 0.308. The third-order valence-electron chi connectivity index (χ3n) is 3.10. The van der Waals surface area contributed by atoms with Gasteiger partial charge in [0, 0.05) is 22.3 Å². The van der Waals surface area contributed by atoms with Crippen LogP contribution in [-0.4, -0.2) is 15.0 Å². The first kappa shape index (κ1) is 11.5. The number of aromatic nitrogens is 3. The van der Waals surface area contributed by atoms with Crippen LogP contribution < -0.4 is 5.73 Å². The summed E-state index contributed by atoms with van der Waals surface area (Å²) in [7, 11) is 0. The van der Waals surface area contributed by atoms with E-state index < -0.39 is 0 Å². The van der Waals surface area contributed by atoms with Gasteiger partial charge in [-0.2, -0.15) is 0 Å². The summed E-state index contributed by atoms with van der Waals surface area (Å²) in [5, 5.41) is 1.04. The van der Waals surface area contributed by atoms with Crippen LogP contribution in [0.15, 0.2) is 34.7 Å². The van der Waals surface area contributed by atoms with Crippen molar-refractivity contribution in [2.24, 2.45) is 0 Å². The highest BCUT2D eigenvalue weighted by Gasteiger charge is 2.16. The van der Waals surface area contributed by atoms with Crippen molar-refractivity contribution in [3.8, 4) is 0 Å². The largest absolute Gasteiger partial charge is 0.397 e. The lowest BCUT2D eigenvalue weighted by Gasteiger charge is -2.17. The number of nitrogens with zero attached hydrogens (tertiary/aromatic N) is 3. The highest BCUT2D eigenvalue weighted by atomic mass is 32.2. The van der Waals surface area contributed by atoms with Crippen LogP contribution in [0, 0.1) is 0 Å². The molecule has 2 aromatic rings. The number of aryl methyl sites for hydroxylation is 1. The molecule has 0 unspecified atom stereocenters. The Morgan fingerprint density at radius 3 is 2.94 bits per heavy atom. The zero-order chi connectivity index (χ0) is 12.4. The summed E-state index contributed by atoms with van der Waals surface area (Å²) in [6.45, 7) is 0. The van der Waals surface area contributed by atoms with Crippen LogP contribution in [0.4, 0.5) is 5.69 Å². The van der Waals surface area contributed by atoms with Crippen LogP contribution in [0.1, 0.15) is 24.1 Å². The van der Waals surface area contributed by atoms with E-state index in [9.17, 15) is 0 Å². The average Bonchev–Trinajstić information content (AvgIpc) is 2.42. The van der Waals surface area contributed by atoms with Crippen LogP contribution in [-0.2, 0) is 12.8 Å². The number of hydrogen-bond acceptors (Lipinski definition) is 5. The predicted molar refractivity (Wildman–Crippen MR) is 71.4 cm³/mol. The van der Waals surface area contributed by atoms with Crippen molar-refractivity contribution in [2.45, 2.75) is 35.6 Å². The minimum atomic E-state index is 0.700. The van der Waals surface area contributed by atoms with Crippen molar-refractivity contribution in [3.05, 3.63) is 36.0 Å². The summed E-state index contributed by atoms with van der Waals surface area (Å²) in [5.74, 6) is 0. The Kier molecular flexibility index (Phi) is 3.15. The van der Waals surface area contributed by atoms with Gasteiger partial charge < -0.3 is 5.73 Å². The van der Waals surface area contributed by atoms with Gasteiger partial charge in [0.1, 0.15) is 11.4 Å². The second-order valence-corrected chi connectivity index (χ2v) is 5.36. The Hall–Kier alpha value is -1.62. The smallest absolute Gasteiger partial charge is 0.117 e. The first-order chi connectivity index (χ1) is 8.84. The Morgan fingerprint density at radius 1 is 1.17 bits per heavy atom. The van der Waals surface area contributed by atoms with Gasteiger partial charge >= 0.3 is 0 Å². The molecule has 0 fully saturated rings. The van der Waals surface area contributed by atoms with E-state index in [1.807, 2.05) is 6.07 Å². The molecule has 0 radical (unpaired) electrons. The van der Waals surface area contributed by atoms with Gasteiger partial charge in [-0.1, -0.05) is 11.8 Å². The maximum absolute atomic E-state index is 5.92. The highest BCUT2D eigenvalue weighted by molar-refractivity contribution is 7.99. The molecule has 5 heteroatoms. The Labute approximate surface area is 110 Å². The first-order valence-corrected chi connectivity index (χ1v) is 6.86. The van der Waals surface area contributed by atoms with E-state index in [0.29, 0.717) is 5.69 Å². The van der Waals surface area contributed by atoms with Gasteiger partial charge in [-0.15, -0.1) is 0 Å². The van der Waals surface area contributed by atoms with Crippen molar-refractivity contribution in [2.75, 3.05) is 5.73 Å². The van der Waals surface area contributed by atoms with Crippen LogP contribution in [0.25, 0.3) is 0 Å². The number of nitrogens with two attached hydrogens (primary N) is 1. The van der Waals surface area contributed by atoms with Crippen molar-refractivity contribution >= 4 is 17.4 Å². The van der Waals surface area contributed by atoms with Crippen molar-refractivity contribution in [1.29, 1.82) is 0 Å². The monoisotopic (exact) mass is 258 g/mol.